The standard InChI is InChI=1S/C14H20N4O3S/c1-3-5-18-13(20)10(17-14(18)21)6-11(19)15-7-12-16-9(4-2)8-22-12/h8,10H,3-7H2,1-2H3,(H,15,19)(H,17,21). The molecule has 0 bridgehead atoms. The van der Waals surface area contributed by atoms with Gasteiger partial charge in [-0.2, -0.15) is 0 Å². The number of amides is 4. The number of hydrogen-bond acceptors (Lipinski definition) is 5. The summed E-state index contributed by atoms with van der Waals surface area (Å²) in [5, 5.41) is 8.07. The molecule has 1 unspecified atom stereocenters. The topological polar surface area (TPSA) is 91.4 Å². The van der Waals surface area contributed by atoms with E-state index in [1.165, 1.54) is 11.3 Å². The van der Waals surface area contributed by atoms with E-state index in [-0.39, 0.29) is 18.2 Å². The molecular weight excluding hydrogens is 304 g/mol. The van der Waals surface area contributed by atoms with Crippen molar-refractivity contribution >= 4 is 29.2 Å². The fourth-order valence-electron chi connectivity index (χ4n) is 2.17. The van der Waals surface area contributed by atoms with Crippen molar-refractivity contribution in [3.8, 4) is 0 Å². The van der Waals surface area contributed by atoms with Crippen LogP contribution < -0.4 is 10.6 Å². The Morgan fingerprint density at radius 2 is 2.23 bits per heavy atom. The van der Waals surface area contributed by atoms with Crippen LogP contribution in [0.15, 0.2) is 5.38 Å². The summed E-state index contributed by atoms with van der Waals surface area (Å²) in [5.41, 5.74) is 1.00. The first-order valence-electron chi connectivity index (χ1n) is 7.37. The lowest BCUT2D eigenvalue weighted by atomic mass is 10.2. The molecule has 0 aromatic carbocycles. The molecule has 4 amide bonds. The van der Waals surface area contributed by atoms with Gasteiger partial charge in [-0.25, -0.2) is 9.78 Å². The van der Waals surface area contributed by atoms with Crippen LogP contribution >= 0.6 is 11.3 Å². The van der Waals surface area contributed by atoms with Crippen molar-refractivity contribution < 1.29 is 14.4 Å². The van der Waals surface area contributed by atoms with Gasteiger partial charge in [-0.1, -0.05) is 13.8 Å². The summed E-state index contributed by atoms with van der Waals surface area (Å²) in [6, 6.07) is -1.18. The van der Waals surface area contributed by atoms with E-state index in [1.807, 2.05) is 19.2 Å². The number of carbonyl (C=O) groups is 3. The van der Waals surface area contributed by atoms with Crippen molar-refractivity contribution in [1.29, 1.82) is 0 Å². The lowest BCUT2D eigenvalue weighted by Crippen LogP contribution is -2.36. The smallest absolute Gasteiger partial charge is 0.324 e. The number of thiazole rings is 1. The van der Waals surface area contributed by atoms with Crippen molar-refractivity contribution in [2.75, 3.05) is 6.54 Å². The molecule has 1 saturated heterocycles. The van der Waals surface area contributed by atoms with Gasteiger partial charge >= 0.3 is 6.03 Å². The highest BCUT2D eigenvalue weighted by Gasteiger charge is 2.38. The molecule has 2 rings (SSSR count). The highest BCUT2D eigenvalue weighted by molar-refractivity contribution is 7.09. The summed E-state index contributed by atoms with van der Waals surface area (Å²) in [6.07, 6.45) is 1.51. The van der Waals surface area contributed by atoms with Crippen molar-refractivity contribution in [2.45, 2.75) is 45.7 Å². The molecule has 0 radical (unpaired) electrons. The SMILES string of the molecule is CCCN1C(=O)NC(CC(=O)NCc2nc(CC)cs2)C1=O. The predicted molar refractivity (Wildman–Crippen MR) is 82.3 cm³/mol. The highest BCUT2D eigenvalue weighted by atomic mass is 32.1. The molecule has 2 heterocycles. The minimum Gasteiger partial charge on any atom is -0.350 e. The minimum atomic E-state index is -0.762. The molecule has 7 nitrogen and oxygen atoms in total. The van der Waals surface area contributed by atoms with Crippen LogP contribution in [0.2, 0.25) is 0 Å². The zero-order chi connectivity index (χ0) is 16.1. The summed E-state index contributed by atoms with van der Waals surface area (Å²) in [6.45, 7) is 4.63. The second-order valence-electron chi connectivity index (χ2n) is 5.06. The number of nitrogens with zero attached hydrogens (tertiary/aromatic N) is 2. The number of aryl methyl sites for hydroxylation is 1. The van der Waals surface area contributed by atoms with Gasteiger partial charge in [0.1, 0.15) is 11.0 Å². The van der Waals surface area contributed by atoms with E-state index in [4.69, 9.17) is 0 Å². The number of hydrogen-bond donors (Lipinski definition) is 2. The Morgan fingerprint density at radius 3 is 2.86 bits per heavy atom. The van der Waals surface area contributed by atoms with Crippen LogP contribution in [0.5, 0.6) is 0 Å². The third-order valence-electron chi connectivity index (χ3n) is 3.34. The molecule has 0 saturated carbocycles. The van der Waals surface area contributed by atoms with E-state index in [0.29, 0.717) is 19.5 Å². The van der Waals surface area contributed by atoms with E-state index in [9.17, 15) is 14.4 Å². The highest BCUT2D eigenvalue weighted by Crippen LogP contribution is 2.12. The van der Waals surface area contributed by atoms with Crippen LogP contribution in [0.1, 0.15) is 37.4 Å². The molecule has 0 spiro atoms. The Kier molecular flexibility index (Phi) is 5.48. The summed E-state index contributed by atoms with van der Waals surface area (Å²) in [7, 11) is 0. The molecule has 1 aromatic heterocycles. The monoisotopic (exact) mass is 324 g/mol. The van der Waals surface area contributed by atoms with Gasteiger partial charge in [0.25, 0.3) is 5.91 Å². The lowest BCUT2D eigenvalue weighted by molar-refractivity contribution is -0.130. The molecule has 0 aliphatic carbocycles. The summed E-state index contributed by atoms with van der Waals surface area (Å²) >= 11 is 1.50. The van der Waals surface area contributed by atoms with Crippen LogP contribution in [0.25, 0.3) is 0 Å². The Morgan fingerprint density at radius 1 is 1.45 bits per heavy atom. The lowest BCUT2D eigenvalue weighted by Gasteiger charge is -2.11. The second kappa shape index (κ2) is 7.35. The van der Waals surface area contributed by atoms with Crippen LogP contribution in [-0.2, 0) is 22.6 Å². The normalized spacial score (nSPS) is 17.7. The third kappa shape index (κ3) is 3.82. The van der Waals surface area contributed by atoms with Gasteiger partial charge in [-0.15, -0.1) is 11.3 Å². The number of rotatable bonds is 7. The fraction of sp³-hybridized carbons (Fsp3) is 0.571. The average Bonchev–Trinajstić information content (AvgIpc) is 3.06. The number of nitrogens with one attached hydrogen (secondary N) is 2. The molecule has 1 aliphatic rings. The first-order valence-corrected chi connectivity index (χ1v) is 8.25. The van der Waals surface area contributed by atoms with Gasteiger partial charge in [-0.3, -0.25) is 14.5 Å². The van der Waals surface area contributed by atoms with Crippen molar-refractivity contribution in [3.05, 3.63) is 16.1 Å². The predicted octanol–water partition coefficient (Wildman–Crippen LogP) is 1.04. The van der Waals surface area contributed by atoms with E-state index in [1.54, 1.807) is 0 Å². The Bertz CT molecular complexity index is 572. The molecule has 22 heavy (non-hydrogen) atoms. The maximum Gasteiger partial charge on any atom is 0.324 e. The van der Waals surface area contributed by atoms with Gasteiger partial charge in [-0.05, 0) is 12.8 Å². The molecule has 2 N–H and O–H groups in total. The maximum atomic E-state index is 12.0. The first-order chi connectivity index (χ1) is 10.5. The van der Waals surface area contributed by atoms with E-state index in [2.05, 4.69) is 15.6 Å². The minimum absolute atomic E-state index is 0.0448. The quantitative estimate of drug-likeness (QED) is 0.733. The number of imide groups is 1. The second-order valence-corrected chi connectivity index (χ2v) is 6.00. The van der Waals surface area contributed by atoms with Gasteiger partial charge in [0.2, 0.25) is 5.91 Å². The number of urea groups is 1. The maximum absolute atomic E-state index is 12.0. The molecule has 8 heteroatoms. The average molecular weight is 324 g/mol. The summed E-state index contributed by atoms with van der Waals surface area (Å²) in [5.74, 6) is -0.602. The summed E-state index contributed by atoms with van der Waals surface area (Å²) in [4.78, 5) is 41.1. The molecule has 1 fully saturated rings. The van der Waals surface area contributed by atoms with E-state index < -0.39 is 12.1 Å². The largest absolute Gasteiger partial charge is 0.350 e. The van der Waals surface area contributed by atoms with Crippen LogP contribution in [0.3, 0.4) is 0 Å². The molecule has 120 valence electrons. The molecule has 1 aliphatic heterocycles. The Labute approximate surface area is 133 Å². The molecule has 1 atom stereocenters. The molecule has 1 aromatic rings. The van der Waals surface area contributed by atoms with Crippen LogP contribution in [0, 0.1) is 0 Å². The zero-order valence-electron chi connectivity index (χ0n) is 12.7. The van der Waals surface area contributed by atoms with Gasteiger partial charge in [0, 0.05) is 11.9 Å². The van der Waals surface area contributed by atoms with Gasteiger partial charge in [0.05, 0.1) is 18.7 Å². The zero-order valence-corrected chi connectivity index (χ0v) is 13.5. The molecular formula is C14H20N4O3S. The summed E-state index contributed by atoms with van der Waals surface area (Å²) < 4.78 is 0. The number of aromatic nitrogens is 1. The fourth-order valence-corrected chi connectivity index (χ4v) is 2.99. The van der Waals surface area contributed by atoms with Crippen LogP contribution in [0.4, 0.5) is 4.79 Å². The Hall–Kier alpha value is -1.96. The van der Waals surface area contributed by atoms with E-state index in [0.717, 1.165) is 22.0 Å². The van der Waals surface area contributed by atoms with Crippen molar-refractivity contribution in [1.82, 2.24) is 20.5 Å². The van der Waals surface area contributed by atoms with Crippen molar-refractivity contribution in [2.24, 2.45) is 0 Å². The van der Waals surface area contributed by atoms with E-state index >= 15 is 0 Å². The van der Waals surface area contributed by atoms with Gasteiger partial charge in [0.15, 0.2) is 0 Å². The van der Waals surface area contributed by atoms with Crippen LogP contribution in [-0.4, -0.2) is 40.3 Å². The third-order valence-corrected chi connectivity index (χ3v) is 4.24. The number of carbonyl (C=O) groups excluding carboxylic acids is 3. The van der Waals surface area contributed by atoms with Crippen molar-refractivity contribution in [3.63, 3.8) is 0 Å². The van der Waals surface area contributed by atoms with Gasteiger partial charge < -0.3 is 10.6 Å². The Balaban J connectivity index is 1.82. The first kappa shape index (κ1) is 16.4.